The summed E-state index contributed by atoms with van der Waals surface area (Å²) in [7, 11) is 3.47. The van der Waals surface area contributed by atoms with Crippen LogP contribution in [0.2, 0.25) is 0 Å². The molecule has 0 saturated carbocycles. The van der Waals surface area contributed by atoms with E-state index in [0.29, 0.717) is 6.54 Å². The summed E-state index contributed by atoms with van der Waals surface area (Å²) in [5, 5.41) is 2.62. The summed E-state index contributed by atoms with van der Waals surface area (Å²) in [6.45, 7) is 2.37. The van der Waals surface area contributed by atoms with Gasteiger partial charge < -0.3 is 10.1 Å². The molecule has 122 valence electrons. The van der Waals surface area contributed by atoms with E-state index in [1.54, 1.807) is 32.2 Å². The van der Waals surface area contributed by atoms with E-state index in [1.807, 2.05) is 36.2 Å². The molecule has 0 bridgehead atoms. The van der Waals surface area contributed by atoms with Gasteiger partial charge in [0.25, 0.3) is 0 Å². The monoisotopic (exact) mass is 316 g/mol. The molecule has 0 aromatic heterocycles. The summed E-state index contributed by atoms with van der Waals surface area (Å²) in [6, 6.07) is 13.4. The summed E-state index contributed by atoms with van der Waals surface area (Å²) in [5.41, 5.74) is 1.23. The normalized spacial score (nSPS) is 12.0. The molecule has 4 nitrogen and oxygen atoms in total. The third kappa shape index (κ3) is 4.53. The van der Waals surface area contributed by atoms with Gasteiger partial charge in [0.15, 0.2) is 0 Å². The Labute approximate surface area is 135 Å². The maximum atomic E-state index is 13.6. The summed E-state index contributed by atoms with van der Waals surface area (Å²) in [5.74, 6) is 0.0864. The van der Waals surface area contributed by atoms with E-state index in [2.05, 4.69) is 5.32 Å². The van der Waals surface area contributed by atoms with Crippen LogP contribution in [0.5, 0.6) is 5.75 Å². The molecular formula is C18H21FN2O2. The molecule has 23 heavy (non-hydrogen) atoms. The van der Waals surface area contributed by atoms with Crippen LogP contribution in [-0.4, -0.2) is 31.0 Å². The van der Waals surface area contributed by atoms with Gasteiger partial charge in [0.1, 0.15) is 11.6 Å². The Balaban J connectivity index is 1.99. The molecule has 2 aromatic carbocycles. The van der Waals surface area contributed by atoms with Gasteiger partial charge in [-0.15, -0.1) is 0 Å². The first-order valence-electron chi connectivity index (χ1n) is 7.40. The zero-order valence-electron chi connectivity index (χ0n) is 13.5. The van der Waals surface area contributed by atoms with Gasteiger partial charge >= 0.3 is 0 Å². The van der Waals surface area contributed by atoms with Crippen LogP contribution in [0.4, 0.5) is 10.1 Å². The summed E-state index contributed by atoms with van der Waals surface area (Å²) < 4.78 is 18.8. The van der Waals surface area contributed by atoms with Crippen molar-refractivity contribution in [3.63, 3.8) is 0 Å². The van der Waals surface area contributed by atoms with E-state index >= 15 is 0 Å². The minimum absolute atomic E-state index is 0.194. The lowest BCUT2D eigenvalue weighted by Gasteiger charge is -2.24. The highest BCUT2D eigenvalue weighted by Gasteiger charge is 2.19. The predicted octanol–water partition coefficient (Wildman–Crippen LogP) is 3.29. The molecule has 0 aliphatic heterocycles. The van der Waals surface area contributed by atoms with Gasteiger partial charge in [-0.25, -0.2) is 4.39 Å². The number of ether oxygens (including phenoxy) is 1. The van der Waals surface area contributed by atoms with E-state index in [9.17, 15) is 9.18 Å². The van der Waals surface area contributed by atoms with Gasteiger partial charge in [-0.05, 0) is 43.8 Å². The number of rotatable bonds is 6. The fourth-order valence-corrected chi connectivity index (χ4v) is 2.20. The zero-order chi connectivity index (χ0) is 16.8. The van der Waals surface area contributed by atoms with Crippen LogP contribution in [-0.2, 0) is 11.3 Å². The maximum Gasteiger partial charge on any atom is 0.241 e. The number of hydrogen-bond donors (Lipinski definition) is 1. The number of anilines is 1. The van der Waals surface area contributed by atoms with Crippen LogP contribution in [0.15, 0.2) is 48.5 Å². The highest BCUT2D eigenvalue weighted by Crippen LogP contribution is 2.16. The van der Waals surface area contributed by atoms with Crippen molar-refractivity contribution in [2.24, 2.45) is 0 Å². The topological polar surface area (TPSA) is 41.6 Å². The number of para-hydroxylation sites is 1. The third-order valence-electron chi connectivity index (χ3n) is 3.74. The highest BCUT2D eigenvalue weighted by atomic mass is 19.1. The van der Waals surface area contributed by atoms with Crippen molar-refractivity contribution in [1.82, 2.24) is 4.90 Å². The molecule has 1 unspecified atom stereocenters. The molecule has 5 heteroatoms. The van der Waals surface area contributed by atoms with Crippen molar-refractivity contribution < 1.29 is 13.9 Å². The molecule has 0 spiro atoms. The molecule has 0 fully saturated rings. The van der Waals surface area contributed by atoms with Crippen molar-refractivity contribution in [3.8, 4) is 5.75 Å². The number of nitrogens with zero attached hydrogens (tertiary/aromatic N) is 1. The largest absolute Gasteiger partial charge is 0.497 e. The van der Waals surface area contributed by atoms with Gasteiger partial charge in [-0.3, -0.25) is 9.69 Å². The Hall–Kier alpha value is -2.40. The van der Waals surface area contributed by atoms with Crippen molar-refractivity contribution in [2.45, 2.75) is 19.5 Å². The first kappa shape index (κ1) is 17.0. The quantitative estimate of drug-likeness (QED) is 0.889. The number of benzene rings is 2. The number of carbonyl (C=O) groups is 1. The molecule has 2 aromatic rings. The zero-order valence-corrected chi connectivity index (χ0v) is 13.5. The van der Waals surface area contributed by atoms with Crippen LogP contribution < -0.4 is 10.1 Å². The van der Waals surface area contributed by atoms with E-state index in [1.165, 1.54) is 6.07 Å². The Kier molecular flexibility index (Phi) is 5.71. The molecule has 0 saturated heterocycles. The Bertz CT molecular complexity index is 676. The minimum Gasteiger partial charge on any atom is -0.497 e. The standard InChI is InChI=1S/C18H21FN2O2/c1-13(18(22)20-17-10-5-4-9-16(17)19)21(2)12-14-7-6-8-15(11-14)23-3/h4-11,13H,12H2,1-3H3,(H,20,22). The average molecular weight is 316 g/mol. The maximum absolute atomic E-state index is 13.6. The summed E-state index contributed by atoms with van der Waals surface area (Å²) in [4.78, 5) is 14.2. The third-order valence-corrected chi connectivity index (χ3v) is 3.74. The lowest BCUT2D eigenvalue weighted by molar-refractivity contribution is -0.120. The number of methoxy groups -OCH3 is 1. The summed E-state index contributed by atoms with van der Waals surface area (Å²) >= 11 is 0. The Morgan fingerprint density at radius 2 is 2.00 bits per heavy atom. The fourth-order valence-electron chi connectivity index (χ4n) is 2.20. The molecular weight excluding hydrogens is 295 g/mol. The molecule has 1 amide bonds. The van der Waals surface area contributed by atoms with Crippen LogP contribution in [0.1, 0.15) is 12.5 Å². The number of likely N-dealkylation sites (N-methyl/N-ethyl adjacent to an activating group) is 1. The van der Waals surface area contributed by atoms with Gasteiger partial charge in [-0.1, -0.05) is 24.3 Å². The Morgan fingerprint density at radius 3 is 2.70 bits per heavy atom. The van der Waals surface area contributed by atoms with E-state index < -0.39 is 11.9 Å². The molecule has 0 radical (unpaired) electrons. The lowest BCUT2D eigenvalue weighted by atomic mass is 10.1. The molecule has 1 N–H and O–H groups in total. The van der Waals surface area contributed by atoms with Gasteiger partial charge in [0.2, 0.25) is 5.91 Å². The minimum atomic E-state index is -0.441. The lowest BCUT2D eigenvalue weighted by Crippen LogP contribution is -2.39. The molecule has 0 heterocycles. The number of halogens is 1. The predicted molar refractivity (Wildman–Crippen MR) is 89.0 cm³/mol. The van der Waals surface area contributed by atoms with Crippen LogP contribution >= 0.6 is 0 Å². The molecule has 0 aliphatic carbocycles. The molecule has 2 rings (SSSR count). The van der Waals surface area contributed by atoms with E-state index in [-0.39, 0.29) is 11.6 Å². The van der Waals surface area contributed by atoms with Crippen molar-refractivity contribution in [1.29, 1.82) is 0 Å². The SMILES string of the molecule is COc1cccc(CN(C)C(C)C(=O)Nc2ccccc2F)c1. The van der Waals surface area contributed by atoms with Gasteiger partial charge in [0.05, 0.1) is 18.8 Å². The van der Waals surface area contributed by atoms with Gasteiger partial charge in [0, 0.05) is 6.54 Å². The van der Waals surface area contributed by atoms with E-state index in [4.69, 9.17) is 4.74 Å². The van der Waals surface area contributed by atoms with Crippen molar-refractivity contribution in [3.05, 3.63) is 59.9 Å². The van der Waals surface area contributed by atoms with Crippen LogP contribution in [0.3, 0.4) is 0 Å². The Morgan fingerprint density at radius 1 is 1.26 bits per heavy atom. The average Bonchev–Trinajstić information content (AvgIpc) is 2.56. The smallest absolute Gasteiger partial charge is 0.241 e. The second-order valence-corrected chi connectivity index (χ2v) is 5.41. The number of amides is 1. The van der Waals surface area contributed by atoms with Gasteiger partial charge in [-0.2, -0.15) is 0 Å². The first-order chi connectivity index (χ1) is 11.0. The van der Waals surface area contributed by atoms with Crippen molar-refractivity contribution in [2.75, 3.05) is 19.5 Å². The van der Waals surface area contributed by atoms with E-state index in [0.717, 1.165) is 11.3 Å². The number of nitrogens with one attached hydrogen (secondary N) is 1. The highest BCUT2D eigenvalue weighted by molar-refractivity contribution is 5.94. The molecule has 1 atom stereocenters. The van der Waals surface area contributed by atoms with Crippen LogP contribution in [0.25, 0.3) is 0 Å². The summed E-state index contributed by atoms with van der Waals surface area (Å²) in [6.07, 6.45) is 0. The second-order valence-electron chi connectivity index (χ2n) is 5.41. The van der Waals surface area contributed by atoms with Crippen LogP contribution in [0, 0.1) is 5.82 Å². The number of hydrogen-bond acceptors (Lipinski definition) is 3. The number of carbonyl (C=O) groups excluding carboxylic acids is 1. The van der Waals surface area contributed by atoms with Crippen molar-refractivity contribution >= 4 is 11.6 Å². The molecule has 0 aliphatic rings. The second kappa shape index (κ2) is 7.74. The fraction of sp³-hybridized carbons (Fsp3) is 0.278. The first-order valence-corrected chi connectivity index (χ1v) is 7.40.